The zero-order valence-electron chi connectivity index (χ0n) is 8.23. The van der Waals surface area contributed by atoms with Crippen molar-refractivity contribution in [3.63, 3.8) is 0 Å². The summed E-state index contributed by atoms with van der Waals surface area (Å²) in [5.41, 5.74) is 0.0316. The minimum atomic E-state index is -5.04. The Morgan fingerprint density at radius 2 is 1.82 bits per heavy atom. The molecule has 0 aliphatic carbocycles. The average Bonchev–Trinajstić information content (AvgIpc) is 2.25. The van der Waals surface area contributed by atoms with E-state index in [1.807, 2.05) is 0 Å². The number of nitrogens with zero attached hydrogens (tertiary/aromatic N) is 1. The number of benzene rings is 1. The van der Waals surface area contributed by atoms with Crippen molar-refractivity contribution in [1.29, 1.82) is 0 Å². The zero-order chi connectivity index (χ0) is 13.1. The molecule has 0 unspecified atom stereocenters. The van der Waals surface area contributed by atoms with E-state index in [2.05, 4.69) is 4.74 Å². The number of carbonyl (C=O) groups excluding carboxylic acids is 1. The third-order valence-electron chi connectivity index (χ3n) is 1.75. The number of non-ortho nitro benzene ring substituents is 1. The first-order valence-electron chi connectivity index (χ1n) is 4.28. The largest absolute Gasteiger partial charge is 0.490 e. The summed E-state index contributed by atoms with van der Waals surface area (Å²) < 4.78 is 39.2. The normalized spacial score (nSPS) is 11.0. The Hall–Kier alpha value is -2.12. The molecule has 0 fully saturated rings. The second-order valence-electron chi connectivity index (χ2n) is 3.00. The van der Waals surface area contributed by atoms with Crippen LogP contribution in [-0.2, 0) is 16.1 Å². The summed E-state index contributed by atoms with van der Waals surface area (Å²) in [6.07, 6.45) is -5.04. The molecule has 8 heteroatoms. The van der Waals surface area contributed by atoms with Gasteiger partial charge in [-0.1, -0.05) is 0 Å². The molecule has 0 spiro atoms. The first-order chi connectivity index (χ1) is 7.80. The van der Waals surface area contributed by atoms with Crippen LogP contribution in [0.5, 0.6) is 0 Å². The van der Waals surface area contributed by atoms with E-state index in [0.29, 0.717) is 0 Å². The molecule has 0 aliphatic heterocycles. The first-order valence-corrected chi connectivity index (χ1v) is 4.28. The number of hydrogen-bond donors (Lipinski definition) is 0. The fraction of sp³-hybridized carbons (Fsp3) is 0.222. The van der Waals surface area contributed by atoms with Gasteiger partial charge in [0.05, 0.1) is 4.92 Å². The van der Waals surface area contributed by atoms with E-state index in [1.165, 1.54) is 12.1 Å². The van der Waals surface area contributed by atoms with Crippen LogP contribution in [0.4, 0.5) is 18.9 Å². The standard InChI is InChI=1S/C9H6F3NO4/c10-9(11,12)8(14)17-5-6-1-3-7(4-2-6)13(15)16/h1-4H,5H2. The summed E-state index contributed by atoms with van der Waals surface area (Å²) in [5.74, 6) is -2.30. The molecule has 0 aromatic heterocycles. The van der Waals surface area contributed by atoms with Crippen molar-refractivity contribution in [3.05, 3.63) is 39.9 Å². The van der Waals surface area contributed by atoms with E-state index >= 15 is 0 Å². The summed E-state index contributed by atoms with van der Waals surface area (Å²) in [7, 11) is 0. The van der Waals surface area contributed by atoms with Crippen molar-refractivity contribution in [3.8, 4) is 0 Å². The van der Waals surface area contributed by atoms with Crippen molar-refractivity contribution in [2.45, 2.75) is 12.8 Å². The lowest BCUT2D eigenvalue weighted by molar-refractivity contribution is -0.384. The van der Waals surface area contributed by atoms with Gasteiger partial charge in [0.15, 0.2) is 0 Å². The number of ether oxygens (including phenoxy) is 1. The smallest absolute Gasteiger partial charge is 0.454 e. The molecule has 0 saturated carbocycles. The molecule has 0 saturated heterocycles. The Morgan fingerprint density at radius 3 is 2.24 bits per heavy atom. The molecule has 1 aromatic carbocycles. The molecule has 0 heterocycles. The van der Waals surface area contributed by atoms with Crippen LogP contribution in [0.2, 0.25) is 0 Å². The average molecular weight is 249 g/mol. The van der Waals surface area contributed by atoms with E-state index in [-0.39, 0.29) is 11.3 Å². The van der Waals surface area contributed by atoms with Gasteiger partial charge >= 0.3 is 12.1 Å². The number of nitro groups is 1. The van der Waals surface area contributed by atoms with Gasteiger partial charge in [-0.2, -0.15) is 13.2 Å². The minimum absolute atomic E-state index is 0.198. The molecule has 0 atom stereocenters. The van der Waals surface area contributed by atoms with Gasteiger partial charge in [0.25, 0.3) is 5.69 Å². The third kappa shape index (κ3) is 3.74. The van der Waals surface area contributed by atoms with Crippen LogP contribution in [0, 0.1) is 10.1 Å². The first kappa shape index (κ1) is 12.9. The monoisotopic (exact) mass is 249 g/mol. The molecule has 0 radical (unpaired) electrons. The molecule has 5 nitrogen and oxygen atoms in total. The van der Waals surface area contributed by atoms with Gasteiger partial charge in [0.2, 0.25) is 0 Å². The second kappa shape index (κ2) is 4.81. The fourth-order valence-corrected chi connectivity index (χ4v) is 0.945. The summed E-state index contributed by atoms with van der Waals surface area (Å²) in [6.45, 7) is -0.587. The molecule has 0 amide bonds. The second-order valence-corrected chi connectivity index (χ2v) is 3.00. The van der Waals surface area contributed by atoms with Crippen molar-refractivity contribution in [2.75, 3.05) is 0 Å². The van der Waals surface area contributed by atoms with Crippen LogP contribution in [0.25, 0.3) is 0 Å². The quantitative estimate of drug-likeness (QED) is 0.467. The summed E-state index contributed by atoms with van der Waals surface area (Å²) >= 11 is 0. The van der Waals surface area contributed by atoms with Gasteiger partial charge in [-0.3, -0.25) is 10.1 Å². The van der Waals surface area contributed by atoms with Crippen molar-refractivity contribution < 1.29 is 27.6 Å². The van der Waals surface area contributed by atoms with Gasteiger partial charge in [-0.05, 0) is 17.7 Å². The van der Waals surface area contributed by atoms with E-state index in [1.54, 1.807) is 0 Å². The molecule has 0 aliphatic rings. The van der Waals surface area contributed by atoms with Gasteiger partial charge < -0.3 is 4.74 Å². The lowest BCUT2D eigenvalue weighted by atomic mass is 10.2. The Bertz CT molecular complexity index is 427. The summed E-state index contributed by atoms with van der Waals surface area (Å²) in [6, 6.07) is 4.64. The molecular formula is C9H6F3NO4. The Balaban J connectivity index is 2.59. The van der Waals surface area contributed by atoms with Crippen molar-refractivity contribution in [1.82, 2.24) is 0 Å². The van der Waals surface area contributed by atoms with Crippen molar-refractivity contribution in [2.24, 2.45) is 0 Å². The maximum atomic E-state index is 11.8. The van der Waals surface area contributed by atoms with E-state index in [0.717, 1.165) is 12.1 Å². The SMILES string of the molecule is O=C(OCc1ccc([N+](=O)[O-])cc1)C(F)(F)F. The van der Waals surface area contributed by atoms with Gasteiger partial charge in [-0.15, -0.1) is 0 Å². The minimum Gasteiger partial charge on any atom is -0.454 e. The maximum Gasteiger partial charge on any atom is 0.490 e. The topological polar surface area (TPSA) is 69.4 Å². The zero-order valence-corrected chi connectivity index (χ0v) is 8.23. The van der Waals surface area contributed by atoms with E-state index < -0.39 is 23.7 Å². The molecule has 17 heavy (non-hydrogen) atoms. The highest BCUT2D eigenvalue weighted by atomic mass is 19.4. The molecule has 1 rings (SSSR count). The highest BCUT2D eigenvalue weighted by molar-refractivity contribution is 5.75. The number of halogens is 3. The van der Waals surface area contributed by atoms with E-state index in [9.17, 15) is 28.1 Å². The summed E-state index contributed by atoms with van der Waals surface area (Å²) in [4.78, 5) is 20.0. The number of hydrogen-bond acceptors (Lipinski definition) is 4. The lowest BCUT2D eigenvalue weighted by Gasteiger charge is -2.06. The molecule has 1 aromatic rings. The predicted octanol–water partition coefficient (Wildman–Crippen LogP) is 2.20. The van der Waals surface area contributed by atoms with Crippen LogP contribution in [0.3, 0.4) is 0 Å². The van der Waals surface area contributed by atoms with Crippen LogP contribution < -0.4 is 0 Å². The number of esters is 1. The lowest BCUT2D eigenvalue weighted by Crippen LogP contribution is -2.25. The maximum absolute atomic E-state index is 11.8. The predicted molar refractivity (Wildman–Crippen MR) is 48.9 cm³/mol. The van der Waals surface area contributed by atoms with Crippen molar-refractivity contribution >= 4 is 11.7 Å². The molecule has 0 bridgehead atoms. The molecule has 0 N–H and O–H groups in total. The number of nitro benzene ring substituents is 1. The third-order valence-corrected chi connectivity index (χ3v) is 1.75. The number of carbonyl (C=O) groups is 1. The van der Waals surface area contributed by atoms with E-state index in [4.69, 9.17) is 0 Å². The summed E-state index contributed by atoms with van der Waals surface area (Å²) in [5, 5.41) is 10.3. The van der Waals surface area contributed by atoms with Gasteiger partial charge in [0, 0.05) is 12.1 Å². The van der Waals surface area contributed by atoms with Gasteiger partial charge in [-0.25, -0.2) is 4.79 Å². The Labute approximate surface area is 93.0 Å². The molecular weight excluding hydrogens is 243 g/mol. The highest BCUT2D eigenvalue weighted by Crippen LogP contribution is 2.18. The van der Waals surface area contributed by atoms with Crippen LogP contribution in [0.1, 0.15) is 5.56 Å². The fourth-order valence-electron chi connectivity index (χ4n) is 0.945. The number of alkyl halides is 3. The van der Waals surface area contributed by atoms with Crippen LogP contribution in [-0.4, -0.2) is 17.1 Å². The van der Waals surface area contributed by atoms with Crippen LogP contribution >= 0.6 is 0 Å². The highest BCUT2D eigenvalue weighted by Gasteiger charge is 2.40. The number of rotatable bonds is 3. The Morgan fingerprint density at radius 1 is 1.29 bits per heavy atom. The molecule has 92 valence electrons. The van der Waals surface area contributed by atoms with Crippen LogP contribution in [0.15, 0.2) is 24.3 Å². The Kier molecular flexibility index (Phi) is 3.66. The van der Waals surface area contributed by atoms with Gasteiger partial charge in [0.1, 0.15) is 6.61 Å².